The van der Waals surface area contributed by atoms with Gasteiger partial charge in [0.15, 0.2) is 0 Å². The molecule has 0 radical (unpaired) electrons. The molecule has 4 nitrogen and oxygen atoms in total. The first-order valence-electron chi connectivity index (χ1n) is 8.61. The number of hydrogen-bond donors (Lipinski definition) is 0. The number of esters is 2. The first-order valence-corrected chi connectivity index (χ1v) is 8.61. The van der Waals surface area contributed by atoms with Gasteiger partial charge in [0.1, 0.15) is 5.92 Å². The topological polar surface area (TPSA) is 52.6 Å². The zero-order valence-electron chi connectivity index (χ0n) is 12.9. The van der Waals surface area contributed by atoms with E-state index in [1.807, 2.05) is 0 Å². The van der Waals surface area contributed by atoms with Crippen LogP contribution in [0.25, 0.3) is 0 Å². The average Bonchev–Trinajstić information content (AvgIpc) is 3.10. The summed E-state index contributed by atoms with van der Waals surface area (Å²) >= 11 is 0. The quantitative estimate of drug-likeness (QED) is 0.391. The minimum atomic E-state index is -0.387. The molecule has 3 aliphatic rings. The van der Waals surface area contributed by atoms with E-state index in [0.717, 1.165) is 25.7 Å². The molecule has 3 heterocycles. The smallest absolute Gasteiger partial charge is 0.320 e. The Morgan fingerprint density at radius 3 is 2.52 bits per heavy atom. The highest BCUT2D eigenvalue weighted by atomic mass is 16.6. The lowest BCUT2D eigenvalue weighted by atomic mass is 9.71. The molecular weight excluding hydrogens is 268 g/mol. The Labute approximate surface area is 126 Å². The maximum Gasteiger partial charge on any atom is 0.320 e. The first-order chi connectivity index (χ1) is 10.2. The summed E-state index contributed by atoms with van der Waals surface area (Å²) < 4.78 is 10.9. The number of carbonyl (C=O) groups excluding carboxylic acids is 2. The van der Waals surface area contributed by atoms with Crippen LogP contribution in [0.15, 0.2) is 0 Å². The van der Waals surface area contributed by atoms with Gasteiger partial charge in [-0.1, -0.05) is 51.9 Å². The van der Waals surface area contributed by atoms with E-state index in [1.54, 1.807) is 0 Å². The molecule has 4 heteroatoms. The Balaban J connectivity index is 1.49. The van der Waals surface area contributed by atoms with Gasteiger partial charge in [-0.05, 0) is 19.3 Å². The van der Waals surface area contributed by atoms with Crippen LogP contribution in [0.4, 0.5) is 0 Å². The van der Waals surface area contributed by atoms with E-state index in [2.05, 4.69) is 6.92 Å². The lowest BCUT2D eigenvalue weighted by Crippen LogP contribution is -2.40. The highest BCUT2D eigenvalue weighted by molar-refractivity contribution is 5.98. The molecule has 2 bridgehead atoms. The van der Waals surface area contributed by atoms with Crippen LogP contribution < -0.4 is 0 Å². The van der Waals surface area contributed by atoms with E-state index < -0.39 is 0 Å². The van der Waals surface area contributed by atoms with E-state index in [4.69, 9.17) is 9.47 Å². The Bertz CT molecular complexity index is 419. The van der Waals surface area contributed by atoms with Crippen LogP contribution in [-0.4, -0.2) is 23.6 Å². The van der Waals surface area contributed by atoms with E-state index in [-0.39, 0.29) is 35.5 Å². The third kappa shape index (κ3) is 2.63. The summed E-state index contributed by atoms with van der Waals surface area (Å²) in [5, 5.41) is 0. The van der Waals surface area contributed by atoms with Crippen LogP contribution in [0.3, 0.4) is 0 Å². The van der Waals surface area contributed by atoms with Gasteiger partial charge in [0.05, 0.1) is 17.6 Å². The molecule has 0 aromatic carbocycles. The molecule has 0 spiro atoms. The molecule has 118 valence electrons. The van der Waals surface area contributed by atoms with Gasteiger partial charge in [0, 0.05) is 0 Å². The second kappa shape index (κ2) is 6.07. The Hall–Kier alpha value is -0.900. The van der Waals surface area contributed by atoms with Crippen molar-refractivity contribution in [1.82, 2.24) is 0 Å². The fourth-order valence-corrected chi connectivity index (χ4v) is 4.43. The number of rotatable bonds is 8. The lowest BCUT2D eigenvalue weighted by molar-refractivity contribution is -0.159. The predicted molar refractivity (Wildman–Crippen MR) is 77.5 cm³/mol. The second-order valence-electron chi connectivity index (χ2n) is 6.87. The van der Waals surface area contributed by atoms with Crippen molar-refractivity contribution < 1.29 is 19.1 Å². The molecule has 0 aliphatic carbocycles. The third-order valence-corrected chi connectivity index (χ3v) is 5.50. The molecule has 3 rings (SSSR count). The summed E-state index contributed by atoms with van der Waals surface area (Å²) in [6, 6.07) is 0. The maximum absolute atomic E-state index is 11.9. The lowest BCUT2D eigenvalue weighted by Gasteiger charge is -2.29. The van der Waals surface area contributed by atoms with Crippen LogP contribution in [0.1, 0.15) is 71.1 Å². The molecule has 3 fully saturated rings. The standard InChI is InChI=1S/C17H26O4/c1-2-3-4-5-6-7-8-10-17-11-9-12(21-17)13-14(17)16(19)20-15(13)18/h12-14H,2-11H2,1H3/t12-,13?,14?,17+/m1/s1. The van der Waals surface area contributed by atoms with Crippen molar-refractivity contribution in [2.45, 2.75) is 82.8 Å². The molecule has 0 amide bonds. The molecule has 21 heavy (non-hydrogen) atoms. The molecular formula is C17H26O4. The number of cyclic esters (lactones) is 2. The SMILES string of the molecule is CCCCCCCCC[C@@]12CC[C@@H](O1)C1C(=O)OC(=O)C12. The van der Waals surface area contributed by atoms with Crippen molar-refractivity contribution in [2.75, 3.05) is 0 Å². The molecule has 4 atom stereocenters. The normalized spacial score (nSPS) is 37.1. The highest BCUT2D eigenvalue weighted by Crippen LogP contribution is 2.56. The molecule has 2 unspecified atom stereocenters. The predicted octanol–water partition coefficient (Wildman–Crippen LogP) is 3.37. The van der Waals surface area contributed by atoms with Crippen molar-refractivity contribution >= 4 is 11.9 Å². The van der Waals surface area contributed by atoms with Crippen LogP contribution >= 0.6 is 0 Å². The van der Waals surface area contributed by atoms with Gasteiger partial charge in [-0.15, -0.1) is 0 Å². The molecule has 0 saturated carbocycles. The summed E-state index contributed by atoms with van der Waals surface area (Å²) in [4.78, 5) is 23.7. The first kappa shape index (κ1) is 15.0. The van der Waals surface area contributed by atoms with Gasteiger partial charge in [-0.25, -0.2) is 0 Å². The van der Waals surface area contributed by atoms with E-state index in [9.17, 15) is 9.59 Å². The summed E-state index contributed by atoms with van der Waals surface area (Å²) in [5.74, 6) is -1.31. The summed E-state index contributed by atoms with van der Waals surface area (Å²) in [7, 11) is 0. The average molecular weight is 294 g/mol. The monoisotopic (exact) mass is 294 g/mol. The van der Waals surface area contributed by atoms with E-state index in [1.165, 1.54) is 38.5 Å². The zero-order chi connectivity index (χ0) is 14.9. The fourth-order valence-electron chi connectivity index (χ4n) is 4.43. The molecule has 0 aromatic heterocycles. The molecule has 3 aliphatic heterocycles. The van der Waals surface area contributed by atoms with Crippen molar-refractivity contribution in [2.24, 2.45) is 11.8 Å². The van der Waals surface area contributed by atoms with Crippen LogP contribution in [0.5, 0.6) is 0 Å². The molecule has 3 saturated heterocycles. The summed E-state index contributed by atoms with van der Waals surface area (Å²) in [5.41, 5.74) is -0.387. The van der Waals surface area contributed by atoms with E-state index in [0.29, 0.717) is 0 Å². The Morgan fingerprint density at radius 1 is 1.05 bits per heavy atom. The maximum atomic E-state index is 11.9. The van der Waals surface area contributed by atoms with Crippen LogP contribution in [0.2, 0.25) is 0 Å². The van der Waals surface area contributed by atoms with Crippen LogP contribution in [0, 0.1) is 11.8 Å². The Morgan fingerprint density at radius 2 is 1.76 bits per heavy atom. The number of hydrogen-bond acceptors (Lipinski definition) is 4. The van der Waals surface area contributed by atoms with Gasteiger partial charge in [-0.2, -0.15) is 0 Å². The minimum Gasteiger partial charge on any atom is -0.393 e. The molecule has 0 N–H and O–H groups in total. The Kier molecular flexibility index (Phi) is 4.34. The van der Waals surface area contributed by atoms with Crippen LogP contribution in [-0.2, 0) is 19.1 Å². The summed E-state index contributed by atoms with van der Waals surface area (Å²) in [6.45, 7) is 2.23. The van der Waals surface area contributed by atoms with Crippen molar-refractivity contribution in [3.63, 3.8) is 0 Å². The largest absolute Gasteiger partial charge is 0.393 e. The number of unbranched alkanes of at least 4 members (excludes halogenated alkanes) is 6. The van der Waals surface area contributed by atoms with Gasteiger partial charge in [0.25, 0.3) is 0 Å². The van der Waals surface area contributed by atoms with Crippen molar-refractivity contribution in [3.05, 3.63) is 0 Å². The van der Waals surface area contributed by atoms with Crippen molar-refractivity contribution in [3.8, 4) is 0 Å². The number of fused-ring (bicyclic) bond motifs is 5. The minimum absolute atomic E-state index is 0.0708. The second-order valence-corrected chi connectivity index (χ2v) is 6.87. The van der Waals surface area contributed by atoms with Gasteiger partial charge >= 0.3 is 11.9 Å². The van der Waals surface area contributed by atoms with Gasteiger partial charge in [-0.3, -0.25) is 9.59 Å². The van der Waals surface area contributed by atoms with Gasteiger partial charge < -0.3 is 9.47 Å². The van der Waals surface area contributed by atoms with E-state index >= 15 is 0 Å². The fraction of sp³-hybridized carbons (Fsp3) is 0.882. The third-order valence-electron chi connectivity index (χ3n) is 5.50. The zero-order valence-corrected chi connectivity index (χ0v) is 12.9. The highest BCUT2D eigenvalue weighted by Gasteiger charge is 2.68. The summed E-state index contributed by atoms with van der Waals surface area (Å²) in [6.07, 6.45) is 11.4. The molecule has 0 aromatic rings. The number of carbonyl (C=O) groups is 2. The number of ether oxygens (including phenoxy) is 2. The van der Waals surface area contributed by atoms with Crippen molar-refractivity contribution in [1.29, 1.82) is 0 Å². The van der Waals surface area contributed by atoms with Gasteiger partial charge in [0.2, 0.25) is 0 Å².